The van der Waals surface area contributed by atoms with Crippen LogP contribution in [0.3, 0.4) is 0 Å². The lowest BCUT2D eigenvalue weighted by Crippen LogP contribution is -2.28. The van der Waals surface area contributed by atoms with Gasteiger partial charge in [-0.15, -0.1) is 5.54 Å². The number of aliphatic hydroxyl groups excluding tert-OH is 1. The van der Waals surface area contributed by atoms with Gasteiger partial charge < -0.3 is 24.1 Å². The van der Waals surface area contributed by atoms with Crippen molar-refractivity contribution >= 4 is 16.1 Å². The van der Waals surface area contributed by atoms with E-state index in [0.29, 0.717) is 19.3 Å². The molecule has 2 aliphatic heterocycles. The summed E-state index contributed by atoms with van der Waals surface area (Å²) in [6, 6.07) is 1.34. The summed E-state index contributed by atoms with van der Waals surface area (Å²) in [6.07, 6.45) is -2.73. The van der Waals surface area contributed by atoms with Crippen LogP contribution in [0, 0.1) is 11.5 Å². The maximum atomic E-state index is 12.2. The minimum Gasteiger partial charge on any atom is -0.397 e. The van der Waals surface area contributed by atoms with Gasteiger partial charge in [0.15, 0.2) is 12.6 Å². The van der Waals surface area contributed by atoms with E-state index in [2.05, 4.69) is 11.5 Å². The van der Waals surface area contributed by atoms with Crippen molar-refractivity contribution < 1.29 is 50.4 Å². The normalized spacial score (nSPS) is 20.1. The van der Waals surface area contributed by atoms with Crippen LogP contribution >= 0.6 is 0 Å². The van der Waals surface area contributed by atoms with Crippen LogP contribution in [0.1, 0.15) is 64.7 Å². The molecule has 0 aromatic heterocycles. The van der Waals surface area contributed by atoms with Gasteiger partial charge in [-0.3, -0.25) is 0 Å². The Labute approximate surface area is 245 Å². The van der Waals surface area contributed by atoms with Crippen LogP contribution in [0.4, 0.5) is 26.3 Å². The molecule has 41 heavy (non-hydrogen) atoms. The van der Waals surface area contributed by atoms with Gasteiger partial charge in [0.05, 0.1) is 0 Å². The van der Waals surface area contributed by atoms with Crippen molar-refractivity contribution in [2.75, 3.05) is 33.0 Å². The van der Waals surface area contributed by atoms with E-state index in [1.54, 1.807) is 6.92 Å². The predicted molar refractivity (Wildman–Crippen MR) is 155 cm³/mol. The molecule has 2 aliphatic rings. The van der Waals surface area contributed by atoms with Crippen molar-refractivity contribution in [2.24, 2.45) is 0 Å². The lowest BCUT2D eigenvalue weighted by atomic mass is 10.2. The Bertz CT molecular complexity index is 711. The molecule has 0 radical (unpaired) electrons. The molecule has 0 spiro atoms. The molecule has 5 nitrogen and oxygen atoms in total. The summed E-state index contributed by atoms with van der Waals surface area (Å²) in [6.45, 7) is 12.0. The van der Waals surface area contributed by atoms with Crippen molar-refractivity contribution in [3.63, 3.8) is 0 Å². The minimum absolute atomic E-state index is 0.0892. The van der Waals surface area contributed by atoms with E-state index in [4.69, 9.17) is 24.1 Å². The number of halogens is 6. The first-order valence-corrected chi connectivity index (χ1v) is 21.3. The lowest BCUT2D eigenvalue weighted by molar-refractivity contribution is -0.162. The third-order valence-corrected chi connectivity index (χ3v) is 12.1. The van der Waals surface area contributed by atoms with Crippen molar-refractivity contribution in [2.45, 2.75) is 134 Å². The first-order chi connectivity index (χ1) is 19.0. The molecule has 2 fully saturated rings. The van der Waals surface area contributed by atoms with Gasteiger partial charge in [0.2, 0.25) is 0 Å². The summed E-state index contributed by atoms with van der Waals surface area (Å²) in [7, 11) is -3.84. The Morgan fingerprint density at radius 2 is 1.27 bits per heavy atom. The molecule has 2 saturated heterocycles. The van der Waals surface area contributed by atoms with Gasteiger partial charge in [-0.05, 0) is 64.0 Å². The van der Waals surface area contributed by atoms with Crippen molar-refractivity contribution in [3.05, 3.63) is 0 Å². The maximum absolute atomic E-state index is 12.2. The number of aliphatic hydroxyl groups is 1. The van der Waals surface area contributed by atoms with Crippen LogP contribution in [-0.2, 0) is 18.9 Å². The maximum Gasteiger partial charge on any atom is 0.388 e. The molecule has 2 unspecified atom stereocenters. The highest BCUT2D eigenvalue weighted by Crippen LogP contribution is 2.29. The van der Waals surface area contributed by atoms with Crippen LogP contribution in [0.5, 0.6) is 0 Å². The van der Waals surface area contributed by atoms with Gasteiger partial charge in [0, 0.05) is 47.3 Å². The highest BCUT2D eigenvalue weighted by molar-refractivity contribution is 6.85. The first-order valence-electron chi connectivity index (χ1n) is 14.7. The number of rotatable bonds is 11. The van der Waals surface area contributed by atoms with E-state index >= 15 is 0 Å². The largest absolute Gasteiger partial charge is 0.397 e. The first kappa shape index (κ1) is 40.4. The number of ether oxygens (including phenoxy) is 4. The predicted octanol–water partition coefficient (Wildman–Crippen LogP) is 8.31. The second kappa shape index (κ2) is 21.1. The average molecular weight is 639 g/mol. The molecular weight excluding hydrogens is 586 g/mol. The van der Waals surface area contributed by atoms with E-state index in [0.717, 1.165) is 57.6 Å². The molecule has 2 atom stereocenters. The van der Waals surface area contributed by atoms with E-state index in [9.17, 15) is 26.3 Å². The van der Waals surface area contributed by atoms with Gasteiger partial charge in [-0.25, -0.2) is 0 Å². The minimum atomic E-state index is -4.08. The third kappa shape index (κ3) is 26.7. The Hall–Kier alpha value is -0.626. The van der Waals surface area contributed by atoms with Crippen LogP contribution in [-0.4, -0.2) is 79.2 Å². The molecule has 0 aromatic rings. The quantitative estimate of drug-likeness (QED) is 0.107. The van der Waals surface area contributed by atoms with E-state index < -0.39 is 41.3 Å². The summed E-state index contributed by atoms with van der Waals surface area (Å²) in [5.74, 6) is 2.85. The standard InChI is InChI=1S/C13H25F3O2Si.C13H21F3O2Si.C2H6O/c2*1-19(2,11-7-13(14,15)16)10-5-9-18-12-6-3-4-8-17-12;1-2-3/h12H,3-11H2,1-2H3;12H,3-4,6-9,11H2,1-2H3;3H,2H2,1H3. The smallest absolute Gasteiger partial charge is 0.388 e. The molecule has 2 rings (SSSR count). The van der Waals surface area contributed by atoms with Gasteiger partial charge in [-0.2, -0.15) is 26.3 Å². The Kier molecular flexibility index (Phi) is 20.8. The topological polar surface area (TPSA) is 57.2 Å². The van der Waals surface area contributed by atoms with Gasteiger partial charge in [-0.1, -0.05) is 38.2 Å². The zero-order valence-corrected chi connectivity index (χ0v) is 27.5. The van der Waals surface area contributed by atoms with Crippen molar-refractivity contribution in [1.82, 2.24) is 0 Å². The number of alkyl halides is 6. The molecule has 2 heterocycles. The Balaban J connectivity index is 0.000000712. The Morgan fingerprint density at radius 1 is 0.780 bits per heavy atom. The SMILES string of the molecule is CCO.C[Si](C)(C#CCOC1CCCCO1)CCC(F)(F)F.C[Si](C)(CCCOC1CCCCO1)CCC(F)(F)F. The van der Waals surface area contributed by atoms with Crippen LogP contribution in [0.2, 0.25) is 44.3 Å². The molecular formula is C28H52F6O5Si2. The molecule has 0 amide bonds. The number of hydrogen-bond acceptors (Lipinski definition) is 5. The fourth-order valence-electron chi connectivity index (χ4n) is 3.98. The highest BCUT2D eigenvalue weighted by atomic mass is 28.3. The monoisotopic (exact) mass is 638 g/mol. The van der Waals surface area contributed by atoms with E-state index in [1.165, 1.54) is 0 Å². The van der Waals surface area contributed by atoms with E-state index in [1.807, 2.05) is 26.2 Å². The fourth-order valence-corrected chi connectivity index (χ4v) is 7.88. The van der Waals surface area contributed by atoms with Crippen LogP contribution in [0.25, 0.3) is 0 Å². The molecule has 13 heteroatoms. The third-order valence-electron chi connectivity index (χ3n) is 6.46. The Morgan fingerprint density at radius 3 is 1.73 bits per heavy atom. The lowest BCUT2D eigenvalue weighted by Gasteiger charge is -2.25. The van der Waals surface area contributed by atoms with Gasteiger partial charge in [0.25, 0.3) is 0 Å². The van der Waals surface area contributed by atoms with Crippen LogP contribution < -0.4 is 0 Å². The highest BCUT2D eigenvalue weighted by Gasteiger charge is 2.32. The molecule has 0 saturated carbocycles. The molecule has 0 bridgehead atoms. The zero-order valence-electron chi connectivity index (χ0n) is 25.5. The van der Waals surface area contributed by atoms with E-state index in [-0.39, 0.29) is 31.8 Å². The molecule has 244 valence electrons. The fraction of sp³-hybridized carbons (Fsp3) is 0.929. The summed E-state index contributed by atoms with van der Waals surface area (Å²) in [4.78, 5) is 0. The van der Waals surface area contributed by atoms with Crippen LogP contribution in [0.15, 0.2) is 0 Å². The molecule has 0 aromatic carbocycles. The van der Waals surface area contributed by atoms with Crippen molar-refractivity contribution in [1.29, 1.82) is 0 Å². The number of hydrogen-bond donors (Lipinski definition) is 1. The summed E-state index contributed by atoms with van der Waals surface area (Å²) >= 11 is 0. The van der Waals surface area contributed by atoms with Crippen molar-refractivity contribution in [3.8, 4) is 11.5 Å². The zero-order chi connectivity index (χ0) is 31.4. The molecule has 1 N–H and O–H groups in total. The molecule has 0 aliphatic carbocycles. The van der Waals surface area contributed by atoms with Gasteiger partial charge in [0.1, 0.15) is 14.7 Å². The second-order valence-electron chi connectivity index (χ2n) is 11.8. The summed E-state index contributed by atoms with van der Waals surface area (Å²) in [5.41, 5.74) is 2.98. The second-order valence-corrected chi connectivity index (χ2v) is 21.6. The van der Waals surface area contributed by atoms with Gasteiger partial charge >= 0.3 is 12.4 Å². The summed E-state index contributed by atoms with van der Waals surface area (Å²) < 4.78 is 94.9. The average Bonchev–Trinajstić information content (AvgIpc) is 2.89. The summed E-state index contributed by atoms with van der Waals surface area (Å²) in [5, 5.41) is 7.57.